The molecule has 3 unspecified atom stereocenters. The highest BCUT2D eigenvalue weighted by atomic mass is 32.2. The summed E-state index contributed by atoms with van der Waals surface area (Å²) in [5, 5.41) is 4.75. The van der Waals surface area contributed by atoms with Gasteiger partial charge in [-0.3, -0.25) is 4.99 Å². The molecule has 0 aromatic carbocycles. The quantitative estimate of drug-likeness (QED) is 0.806. The van der Waals surface area contributed by atoms with Crippen molar-refractivity contribution in [2.24, 2.45) is 16.8 Å². The van der Waals surface area contributed by atoms with E-state index in [0.717, 1.165) is 5.92 Å². The van der Waals surface area contributed by atoms with Gasteiger partial charge in [0.15, 0.2) is 5.17 Å². The van der Waals surface area contributed by atoms with Crippen molar-refractivity contribution in [3.63, 3.8) is 0 Å². The van der Waals surface area contributed by atoms with E-state index in [1.165, 1.54) is 30.2 Å². The predicted molar refractivity (Wildman–Crippen MR) is 79.8 cm³/mol. The van der Waals surface area contributed by atoms with Crippen LogP contribution in [0.2, 0.25) is 0 Å². The zero-order chi connectivity index (χ0) is 12.8. The van der Waals surface area contributed by atoms with Gasteiger partial charge in [-0.1, -0.05) is 45.9 Å². The minimum Gasteiger partial charge on any atom is -0.362 e. The monoisotopic (exact) mass is 256 g/mol. The van der Waals surface area contributed by atoms with E-state index in [9.17, 15) is 0 Å². The molecular weight excluding hydrogens is 228 g/mol. The first kappa shape index (κ1) is 14.9. The van der Waals surface area contributed by atoms with Crippen LogP contribution in [0.5, 0.6) is 0 Å². The summed E-state index contributed by atoms with van der Waals surface area (Å²) in [5.41, 5.74) is 0. The molecular formula is C14H28N2S. The van der Waals surface area contributed by atoms with Gasteiger partial charge in [-0.25, -0.2) is 0 Å². The molecule has 2 nitrogen and oxygen atoms in total. The molecule has 100 valence electrons. The van der Waals surface area contributed by atoms with Crippen molar-refractivity contribution in [3.8, 4) is 0 Å². The molecule has 0 aromatic heterocycles. The van der Waals surface area contributed by atoms with Crippen molar-refractivity contribution in [1.29, 1.82) is 0 Å². The highest BCUT2D eigenvalue weighted by Gasteiger charge is 2.19. The summed E-state index contributed by atoms with van der Waals surface area (Å²) in [6.07, 6.45) is 3.73. The Morgan fingerprint density at radius 3 is 2.65 bits per heavy atom. The maximum atomic E-state index is 4.82. The van der Waals surface area contributed by atoms with E-state index in [0.29, 0.717) is 18.0 Å². The summed E-state index contributed by atoms with van der Waals surface area (Å²) in [6.45, 7) is 11.4. The van der Waals surface area contributed by atoms with Gasteiger partial charge in [-0.15, -0.1) is 0 Å². The third kappa shape index (κ3) is 5.33. The Bertz CT molecular complexity index is 251. The number of rotatable bonds is 5. The molecule has 3 atom stereocenters. The van der Waals surface area contributed by atoms with Crippen LogP contribution < -0.4 is 5.32 Å². The lowest BCUT2D eigenvalue weighted by atomic mass is 10.0. The first-order chi connectivity index (χ1) is 8.02. The van der Waals surface area contributed by atoms with Gasteiger partial charge in [0.25, 0.3) is 0 Å². The van der Waals surface area contributed by atoms with Gasteiger partial charge in [0.2, 0.25) is 0 Å². The van der Waals surface area contributed by atoms with Gasteiger partial charge >= 0.3 is 0 Å². The van der Waals surface area contributed by atoms with E-state index < -0.39 is 0 Å². The van der Waals surface area contributed by atoms with E-state index >= 15 is 0 Å². The van der Waals surface area contributed by atoms with Gasteiger partial charge in [0.05, 0.1) is 6.04 Å². The molecule has 0 bridgehead atoms. The number of hydrogen-bond donors (Lipinski definition) is 1. The molecule has 0 aliphatic carbocycles. The molecule has 1 rings (SSSR count). The van der Waals surface area contributed by atoms with Crippen molar-refractivity contribution in [2.45, 2.75) is 66.0 Å². The maximum absolute atomic E-state index is 4.82. The first-order valence-electron chi connectivity index (χ1n) is 7.00. The van der Waals surface area contributed by atoms with Gasteiger partial charge < -0.3 is 5.32 Å². The summed E-state index contributed by atoms with van der Waals surface area (Å²) >= 11 is 1.89. The molecule has 3 heteroatoms. The van der Waals surface area contributed by atoms with Crippen molar-refractivity contribution < 1.29 is 0 Å². The summed E-state index contributed by atoms with van der Waals surface area (Å²) in [5.74, 6) is 2.68. The first-order valence-corrected chi connectivity index (χ1v) is 7.98. The van der Waals surface area contributed by atoms with E-state index in [2.05, 4.69) is 39.9 Å². The molecule has 0 radical (unpaired) electrons. The van der Waals surface area contributed by atoms with Crippen LogP contribution in [0, 0.1) is 11.8 Å². The van der Waals surface area contributed by atoms with Crippen LogP contribution in [0.4, 0.5) is 0 Å². The van der Waals surface area contributed by atoms with Gasteiger partial charge in [-0.2, -0.15) is 0 Å². The summed E-state index contributed by atoms with van der Waals surface area (Å²) < 4.78 is 0. The fraction of sp³-hybridized carbons (Fsp3) is 0.929. The summed E-state index contributed by atoms with van der Waals surface area (Å²) in [4.78, 5) is 4.82. The zero-order valence-electron chi connectivity index (χ0n) is 12.0. The predicted octanol–water partition coefficient (Wildman–Crippen LogP) is 3.92. The van der Waals surface area contributed by atoms with E-state index in [1.807, 2.05) is 11.8 Å². The number of thioether (sulfide) groups is 1. The Labute approximate surface area is 111 Å². The molecule has 0 amide bonds. The second kappa shape index (κ2) is 7.30. The molecule has 1 N–H and O–H groups in total. The summed E-state index contributed by atoms with van der Waals surface area (Å²) in [7, 11) is 0. The van der Waals surface area contributed by atoms with Gasteiger partial charge in [0.1, 0.15) is 0 Å². The molecule has 0 saturated heterocycles. The maximum Gasteiger partial charge on any atom is 0.157 e. The number of amidine groups is 1. The third-order valence-corrected chi connectivity index (χ3v) is 4.46. The Morgan fingerprint density at radius 2 is 2.06 bits per heavy atom. The van der Waals surface area contributed by atoms with Crippen LogP contribution >= 0.6 is 11.8 Å². The van der Waals surface area contributed by atoms with Crippen molar-refractivity contribution >= 4 is 16.9 Å². The van der Waals surface area contributed by atoms with E-state index in [1.54, 1.807) is 0 Å². The molecule has 0 spiro atoms. The van der Waals surface area contributed by atoms with E-state index in [-0.39, 0.29) is 0 Å². The lowest BCUT2D eigenvalue weighted by Gasteiger charge is -2.26. The summed E-state index contributed by atoms with van der Waals surface area (Å²) in [6, 6.07) is 1.07. The minimum atomic E-state index is 0.523. The van der Waals surface area contributed by atoms with Crippen molar-refractivity contribution in [3.05, 3.63) is 0 Å². The fourth-order valence-electron chi connectivity index (χ4n) is 2.13. The molecule has 0 saturated carbocycles. The Kier molecular flexibility index (Phi) is 6.39. The molecule has 1 aliphatic heterocycles. The number of nitrogens with one attached hydrogen (secondary N) is 1. The Morgan fingerprint density at radius 1 is 1.35 bits per heavy atom. The molecule has 17 heavy (non-hydrogen) atoms. The van der Waals surface area contributed by atoms with Crippen LogP contribution in [0.3, 0.4) is 0 Å². The van der Waals surface area contributed by atoms with Gasteiger partial charge in [0, 0.05) is 11.8 Å². The van der Waals surface area contributed by atoms with E-state index in [4.69, 9.17) is 4.99 Å². The second-order valence-corrected chi connectivity index (χ2v) is 6.76. The van der Waals surface area contributed by atoms with Crippen LogP contribution in [0.15, 0.2) is 4.99 Å². The molecule has 0 fully saturated rings. The largest absolute Gasteiger partial charge is 0.362 e. The normalized spacial score (nSPS) is 24.4. The van der Waals surface area contributed by atoms with Gasteiger partial charge in [-0.05, 0) is 31.6 Å². The number of aliphatic imine (C=N–C) groups is 1. The minimum absolute atomic E-state index is 0.523. The Balaban J connectivity index is 2.44. The highest BCUT2D eigenvalue weighted by molar-refractivity contribution is 8.13. The van der Waals surface area contributed by atoms with Crippen molar-refractivity contribution in [2.75, 3.05) is 5.75 Å². The average molecular weight is 256 g/mol. The second-order valence-electron chi connectivity index (χ2n) is 5.68. The average Bonchev–Trinajstić information content (AvgIpc) is 2.28. The van der Waals surface area contributed by atoms with Crippen LogP contribution in [-0.4, -0.2) is 23.0 Å². The highest BCUT2D eigenvalue weighted by Crippen LogP contribution is 2.22. The Hall–Kier alpha value is -0.180. The zero-order valence-corrected chi connectivity index (χ0v) is 12.8. The molecule has 0 aromatic rings. The SMILES string of the molecule is CCC(C)CC(C)NC1=NC(C(C)C)CCS1. The lowest BCUT2D eigenvalue weighted by Crippen LogP contribution is -2.35. The van der Waals surface area contributed by atoms with Crippen LogP contribution in [0.25, 0.3) is 0 Å². The smallest absolute Gasteiger partial charge is 0.157 e. The standard InChI is InChI=1S/C14H28N2S/c1-6-11(4)9-12(5)15-14-16-13(10(2)3)7-8-17-14/h10-13H,6-9H2,1-5H3,(H,15,16). The van der Waals surface area contributed by atoms with Crippen LogP contribution in [0.1, 0.15) is 53.9 Å². The fourth-order valence-corrected chi connectivity index (χ4v) is 3.18. The number of hydrogen-bond acceptors (Lipinski definition) is 3. The van der Waals surface area contributed by atoms with Crippen LogP contribution in [-0.2, 0) is 0 Å². The number of nitrogens with zero attached hydrogens (tertiary/aromatic N) is 1. The molecule has 1 aliphatic rings. The third-order valence-electron chi connectivity index (χ3n) is 3.53. The lowest BCUT2D eigenvalue weighted by molar-refractivity contribution is 0.444. The topological polar surface area (TPSA) is 24.4 Å². The van der Waals surface area contributed by atoms with Crippen molar-refractivity contribution in [1.82, 2.24) is 5.32 Å². The molecule has 1 heterocycles.